The van der Waals surface area contributed by atoms with E-state index in [-0.39, 0.29) is 5.91 Å². The molecule has 0 saturated carbocycles. The second-order valence-electron chi connectivity index (χ2n) is 4.78. The number of nitrogens with zero attached hydrogens (tertiary/aromatic N) is 2. The van der Waals surface area contributed by atoms with Crippen LogP contribution in [0.1, 0.15) is 18.1 Å². The number of rotatable bonds is 5. The van der Waals surface area contributed by atoms with Crippen LogP contribution in [0.15, 0.2) is 29.4 Å². The van der Waals surface area contributed by atoms with E-state index >= 15 is 0 Å². The van der Waals surface area contributed by atoms with Crippen molar-refractivity contribution in [2.75, 3.05) is 31.1 Å². The maximum absolute atomic E-state index is 11.7. The van der Waals surface area contributed by atoms with E-state index in [9.17, 15) is 4.79 Å². The summed E-state index contributed by atoms with van der Waals surface area (Å²) in [6.07, 6.45) is 2.71. The van der Waals surface area contributed by atoms with Crippen molar-refractivity contribution in [3.8, 4) is 0 Å². The molecule has 1 saturated heterocycles. The molecule has 0 spiro atoms. The molecule has 0 aromatic heterocycles. The molecular weight excluding hydrogens is 270 g/mol. The molecular formula is C15H21N3OS. The Morgan fingerprint density at radius 1 is 1.35 bits per heavy atom. The summed E-state index contributed by atoms with van der Waals surface area (Å²) < 4.78 is 0. The van der Waals surface area contributed by atoms with Crippen LogP contribution in [-0.2, 0) is 11.2 Å². The molecule has 1 amide bonds. The summed E-state index contributed by atoms with van der Waals surface area (Å²) in [5.41, 5.74) is 4.89. The van der Waals surface area contributed by atoms with Gasteiger partial charge in [-0.3, -0.25) is 9.69 Å². The Bertz CT molecular complexity index is 453. The Morgan fingerprint density at radius 2 is 2.05 bits per heavy atom. The molecule has 5 heteroatoms. The van der Waals surface area contributed by atoms with Crippen LogP contribution < -0.4 is 5.43 Å². The number of nitrogens with one attached hydrogen (secondary N) is 1. The summed E-state index contributed by atoms with van der Waals surface area (Å²) in [5.74, 6) is 2.18. The van der Waals surface area contributed by atoms with Gasteiger partial charge in [-0.1, -0.05) is 31.2 Å². The molecule has 1 fully saturated rings. The molecule has 1 heterocycles. The van der Waals surface area contributed by atoms with Gasteiger partial charge in [-0.15, -0.1) is 0 Å². The van der Waals surface area contributed by atoms with E-state index in [4.69, 9.17) is 0 Å². The van der Waals surface area contributed by atoms with Crippen LogP contribution in [-0.4, -0.2) is 48.2 Å². The van der Waals surface area contributed by atoms with E-state index < -0.39 is 0 Å². The van der Waals surface area contributed by atoms with Crippen molar-refractivity contribution in [1.29, 1.82) is 0 Å². The average molecular weight is 291 g/mol. The first-order valence-corrected chi connectivity index (χ1v) is 8.14. The lowest BCUT2D eigenvalue weighted by molar-refractivity contribution is -0.122. The lowest BCUT2D eigenvalue weighted by Gasteiger charge is -2.24. The van der Waals surface area contributed by atoms with E-state index in [2.05, 4.69) is 34.5 Å². The number of hydrazone groups is 1. The van der Waals surface area contributed by atoms with Crippen LogP contribution in [0.25, 0.3) is 0 Å². The lowest BCUT2D eigenvalue weighted by atomic mass is 10.1. The predicted octanol–water partition coefficient (Wildman–Crippen LogP) is 1.75. The first-order valence-electron chi connectivity index (χ1n) is 6.99. The zero-order valence-corrected chi connectivity index (χ0v) is 12.7. The molecule has 0 bridgehead atoms. The molecule has 1 aromatic carbocycles. The van der Waals surface area contributed by atoms with Gasteiger partial charge in [-0.05, 0) is 17.5 Å². The van der Waals surface area contributed by atoms with Crippen LogP contribution in [0, 0.1) is 0 Å². The van der Waals surface area contributed by atoms with Gasteiger partial charge in [0.05, 0.1) is 12.8 Å². The third-order valence-electron chi connectivity index (χ3n) is 3.26. The zero-order valence-electron chi connectivity index (χ0n) is 11.8. The van der Waals surface area contributed by atoms with Crippen LogP contribution in [0.5, 0.6) is 0 Å². The normalized spacial score (nSPS) is 16.4. The summed E-state index contributed by atoms with van der Waals surface area (Å²) >= 11 is 1.94. The number of hydrogen-bond donors (Lipinski definition) is 1. The monoisotopic (exact) mass is 291 g/mol. The van der Waals surface area contributed by atoms with E-state index in [1.165, 1.54) is 5.56 Å². The molecule has 1 aromatic rings. The highest BCUT2D eigenvalue weighted by molar-refractivity contribution is 7.99. The SMILES string of the molecule is CCc1ccc(/C=N\NC(=O)CN2CCSCC2)cc1. The molecule has 2 rings (SSSR count). The van der Waals surface area contributed by atoms with E-state index in [0.717, 1.165) is 36.6 Å². The number of benzene rings is 1. The van der Waals surface area contributed by atoms with Crippen LogP contribution in [0.3, 0.4) is 0 Å². The number of thioether (sulfide) groups is 1. The van der Waals surface area contributed by atoms with Gasteiger partial charge < -0.3 is 0 Å². The number of carbonyl (C=O) groups excluding carboxylic acids is 1. The minimum absolute atomic E-state index is 0.0432. The Hall–Kier alpha value is -1.33. The first-order chi connectivity index (χ1) is 9.78. The molecule has 0 aliphatic carbocycles. The first kappa shape index (κ1) is 15.1. The van der Waals surface area contributed by atoms with E-state index in [1.54, 1.807) is 6.21 Å². The van der Waals surface area contributed by atoms with Crippen molar-refractivity contribution < 1.29 is 4.79 Å². The number of hydrogen-bond acceptors (Lipinski definition) is 4. The molecule has 1 aliphatic rings. The summed E-state index contributed by atoms with van der Waals surface area (Å²) in [5, 5.41) is 4.01. The third kappa shape index (κ3) is 4.98. The van der Waals surface area contributed by atoms with Crippen LogP contribution >= 0.6 is 11.8 Å². The zero-order chi connectivity index (χ0) is 14.2. The van der Waals surface area contributed by atoms with Gasteiger partial charge in [0.2, 0.25) is 0 Å². The van der Waals surface area contributed by atoms with Crippen molar-refractivity contribution in [3.05, 3.63) is 35.4 Å². The van der Waals surface area contributed by atoms with Gasteiger partial charge in [-0.25, -0.2) is 5.43 Å². The fourth-order valence-electron chi connectivity index (χ4n) is 2.02. The molecule has 0 radical (unpaired) electrons. The second kappa shape index (κ2) is 8.07. The average Bonchev–Trinajstić information content (AvgIpc) is 2.49. The maximum Gasteiger partial charge on any atom is 0.254 e. The lowest BCUT2D eigenvalue weighted by Crippen LogP contribution is -2.40. The Labute approximate surface area is 124 Å². The van der Waals surface area contributed by atoms with Gasteiger partial charge in [0.25, 0.3) is 5.91 Å². The second-order valence-corrected chi connectivity index (χ2v) is 6.00. The third-order valence-corrected chi connectivity index (χ3v) is 4.20. The van der Waals surface area contributed by atoms with Crippen molar-refractivity contribution in [2.24, 2.45) is 5.10 Å². The Kier molecular flexibility index (Phi) is 6.08. The summed E-state index contributed by atoms with van der Waals surface area (Å²) in [7, 11) is 0. The van der Waals surface area contributed by atoms with Gasteiger partial charge in [0.1, 0.15) is 0 Å². The topological polar surface area (TPSA) is 44.7 Å². The standard InChI is InChI=1S/C15H21N3OS/c1-2-13-3-5-14(6-4-13)11-16-17-15(19)12-18-7-9-20-10-8-18/h3-6,11H,2,7-10,12H2,1H3,(H,17,19)/b16-11-. The van der Waals surface area contributed by atoms with Gasteiger partial charge in [0, 0.05) is 24.6 Å². The number of carbonyl (C=O) groups is 1. The van der Waals surface area contributed by atoms with Crippen LogP contribution in [0.2, 0.25) is 0 Å². The summed E-state index contributed by atoms with van der Waals surface area (Å²) in [6.45, 7) is 4.54. The highest BCUT2D eigenvalue weighted by atomic mass is 32.2. The fraction of sp³-hybridized carbons (Fsp3) is 0.467. The highest BCUT2D eigenvalue weighted by Crippen LogP contribution is 2.08. The largest absolute Gasteiger partial charge is 0.293 e. The molecule has 1 N–H and O–H groups in total. The van der Waals surface area contributed by atoms with Gasteiger partial charge >= 0.3 is 0 Å². The molecule has 1 aliphatic heterocycles. The maximum atomic E-state index is 11.7. The van der Waals surface area contributed by atoms with E-state index in [0.29, 0.717) is 6.54 Å². The van der Waals surface area contributed by atoms with Crippen LogP contribution in [0.4, 0.5) is 0 Å². The van der Waals surface area contributed by atoms with E-state index in [1.807, 2.05) is 23.9 Å². The highest BCUT2D eigenvalue weighted by Gasteiger charge is 2.13. The smallest absolute Gasteiger partial charge is 0.254 e. The summed E-state index contributed by atoms with van der Waals surface area (Å²) in [6, 6.07) is 8.18. The summed E-state index contributed by atoms with van der Waals surface area (Å²) in [4.78, 5) is 13.9. The Morgan fingerprint density at radius 3 is 2.70 bits per heavy atom. The number of aryl methyl sites for hydroxylation is 1. The van der Waals surface area contributed by atoms with Gasteiger partial charge in [0.15, 0.2) is 0 Å². The van der Waals surface area contributed by atoms with Crippen molar-refractivity contribution in [2.45, 2.75) is 13.3 Å². The van der Waals surface area contributed by atoms with Crippen molar-refractivity contribution in [1.82, 2.24) is 10.3 Å². The fourth-order valence-corrected chi connectivity index (χ4v) is 2.99. The molecule has 0 atom stereocenters. The number of amides is 1. The molecule has 0 unspecified atom stereocenters. The minimum Gasteiger partial charge on any atom is -0.293 e. The van der Waals surface area contributed by atoms with Gasteiger partial charge in [-0.2, -0.15) is 16.9 Å². The molecule has 4 nitrogen and oxygen atoms in total. The van der Waals surface area contributed by atoms with Crippen molar-refractivity contribution >= 4 is 23.9 Å². The molecule has 20 heavy (non-hydrogen) atoms. The molecule has 108 valence electrons. The van der Waals surface area contributed by atoms with Crippen molar-refractivity contribution in [3.63, 3.8) is 0 Å². The minimum atomic E-state index is -0.0432. The Balaban J connectivity index is 1.75. The predicted molar refractivity (Wildman–Crippen MR) is 85.3 cm³/mol. The quantitative estimate of drug-likeness (QED) is 0.664.